The summed E-state index contributed by atoms with van der Waals surface area (Å²) < 4.78 is 41.8. The smallest absolute Gasteiger partial charge is 0.403 e. The third-order valence-corrected chi connectivity index (χ3v) is 2.34. The molecule has 0 aromatic heterocycles. The monoisotopic (exact) mass is 264 g/mol. The van der Waals surface area contributed by atoms with E-state index in [0.29, 0.717) is 0 Å². The van der Waals surface area contributed by atoms with Crippen molar-refractivity contribution in [2.75, 3.05) is 7.11 Å². The molecule has 0 saturated heterocycles. The third-order valence-electron chi connectivity index (χ3n) is 2.34. The maximum atomic E-state index is 12.3. The standard InChI is InChI=1S/C10H11F3N2O3/c1-18-8-3-2-7(15(16)17)4-6(8)5-9(14)10(11,12)13/h2-4,9H,5,14H2,1H3. The van der Waals surface area contributed by atoms with Gasteiger partial charge in [-0.2, -0.15) is 13.2 Å². The summed E-state index contributed by atoms with van der Waals surface area (Å²) in [5.41, 5.74) is 4.73. The van der Waals surface area contributed by atoms with Crippen LogP contribution >= 0.6 is 0 Å². The molecular weight excluding hydrogens is 253 g/mol. The van der Waals surface area contributed by atoms with E-state index in [1.807, 2.05) is 0 Å². The molecule has 5 nitrogen and oxygen atoms in total. The number of nitro benzene ring substituents is 1. The average Bonchev–Trinajstić information content (AvgIpc) is 2.27. The summed E-state index contributed by atoms with van der Waals surface area (Å²) in [7, 11) is 1.27. The number of alkyl halides is 3. The number of nitrogens with two attached hydrogens (primary N) is 1. The number of rotatable bonds is 4. The van der Waals surface area contributed by atoms with Gasteiger partial charge in [0.05, 0.1) is 12.0 Å². The minimum atomic E-state index is -4.56. The number of nitro groups is 1. The molecule has 0 heterocycles. The zero-order chi connectivity index (χ0) is 13.9. The van der Waals surface area contributed by atoms with Gasteiger partial charge in [0.15, 0.2) is 0 Å². The number of benzene rings is 1. The second-order valence-electron chi connectivity index (χ2n) is 3.61. The molecule has 1 aromatic carbocycles. The van der Waals surface area contributed by atoms with E-state index < -0.39 is 23.6 Å². The van der Waals surface area contributed by atoms with Crippen molar-refractivity contribution in [3.05, 3.63) is 33.9 Å². The summed E-state index contributed by atoms with van der Waals surface area (Å²) in [6.45, 7) is 0. The molecule has 1 rings (SSSR count). The highest BCUT2D eigenvalue weighted by atomic mass is 19.4. The van der Waals surface area contributed by atoms with E-state index in [9.17, 15) is 23.3 Å². The van der Waals surface area contributed by atoms with Gasteiger partial charge >= 0.3 is 6.18 Å². The first-order chi connectivity index (χ1) is 8.25. The molecule has 1 unspecified atom stereocenters. The fourth-order valence-electron chi connectivity index (χ4n) is 1.39. The van der Waals surface area contributed by atoms with Gasteiger partial charge in [-0.25, -0.2) is 0 Å². The number of non-ortho nitro benzene ring substituents is 1. The van der Waals surface area contributed by atoms with Crippen LogP contribution in [-0.2, 0) is 6.42 Å². The Balaban J connectivity index is 3.05. The molecule has 0 spiro atoms. The summed E-state index contributed by atoms with van der Waals surface area (Å²) in [4.78, 5) is 9.85. The van der Waals surface area contributed by atoms with Crippen LogP contribution in [0.3, 0.4) is 0 Å². The maximum Gasteiger partial charge on any atom is 0.403 e. The first-order valence-corrected chi connectivity index (χ1v) is 4.89. The van der Waals surface area contributed by atoms with Gasteiger partial charge in [0.25, 0.3) is 5.69 Å². The van der Waals surface area contributed by atoms with Crippen molar-refractivity contribution in [1.29, 1.82) is 0 Å². The molecule has 0 aliphatic carbocycles. The SMILES string of the molecule is COc1ccc([N+](=O)[O-])cc1CC(N)C(F)(F)F. The van der Waals surface area contributed by atoms with E-state index >= 15 is 0 Å². The van der Waals surface area contributed by atoms with Gasteiger partial charge < -0.3 is 10.5 Å². The Bertz CT molecular complexity index is 448. The highest BCUT2D eigenvalue weighted by molar-refractivity contribution is 5.44. The lowest BCUT2D eigenvalue weighted by Crippen LogP contribution is -2.39. The van der Waals surface area contributed by atoms with Crippen LogP contribution in [-0.4, -0.2) is 24.3 Å². The second kappa shape index (κ2) is 5.21. The molecule has 0 amide bonds. The van der Waals surface area contributed by atoms with E-state index in [2.05, 4.69) is 0 Å². The highest BCUT2D eigenvalue weighted by Crippen LogP contribution is 2.28. The Kier molecular flexibility index (Phi) is 4.12. The zero-order valence-corrected chi connectivity index (χ0v) is 9.40. The van der Waals surface area contributed by atoms with Crippen LogP contribution in [0.4, 0.5) is 18.9 Å². The summed E-state index contributed by atoms with van der Waals surface area (Å²) in [6.07, 6.45) is -5.13. The van der Waals surface area contributed by atoms with E-state index in [-0.39, 0.29) is 17.0 Å². The first kappa shape index (κ1) is 14.2. The fourth-order valence-corrected chi connectivity index (χ4v) is 1.39. The van der Waals surface area contributed by atoms with Crippen molar-refractivity contribution in [3.8, 4) is 5.75 Å². The number of halogens is 3. The van der Waals surface area contributed by atoms with Crippen molar-refractivity contribution in [1.82, 2.24) is 0 Å². The lowest BCUT2D eigenvalue weighted by Gasteiger charge is -2.16. The molecule has 1 atom stereocenters. The predicted octanol–water partition coefficient (Wildman–Crippen LogP) is 2.04. The van der Waals surface area contributed by atoms with Crippen LogP contribution in [0.1, 0.15) is 5.56 Å². The predicted molar refractivity (Wildman–Crippen MR) is 57.4 cm³/mol. The number of nitrogens with zero attached hydrogens (tertiary/aromatic N) is 1. The largest absolute Gasteiger partial charge is 0.496 e. The van der Waals surface area contributed by atoms with Gasteiger partial charge in [-0.05, 0) is 6.07 Å². The quantitative estimate of drug-likeness (QED) is 0.666. The van der Waals surface area contributed by atoms with E-state index in [4.69, 9.17) is 10.5 Å². The van der Waals surface area contributed by atoms with Gasteiger partial charge in [0, 0.05) is 24.1 Å². The maximum absolute atomic E-state index is 12.3. The summed E-state index contributed by atoms with van der Waals surface area (Å²) in [6, 6.07) is 1.34. The fraction of sp³-hybridized carbons (Fsp3) is 0.400. The molecule has 18 heavy (non-hydrogen) atoms. The van der Waals surface area contributed by atoms with Gasteiger partial charge in [-0.15, -0.1) is 0 Å². The van der Waals surface area contributed by atoms with Gasteiger partial charge in [-0.3, -0.25) is 10.1 Å². The molecule has 0 aliphatic rings. The first-order valence-electron chi connectivity index (χ1n) is 4.89. The lowest BCUT2D eigenvalue weighted by molar-refractivity contribution is -0.384. The van der Waals surface area contributed by atoms with Crippen LogP contribution in [0.15, 0.2) is 18.2 Å². The van der Waals surface area contributed by atoms with Crippen molar-refractivity contribution in [2.24, 2.45) is 5.73 Å². The van der Waals surface area contributed by atoms with Crippen LogP contribution in [0.5, 0.6) is 5.75 Å². The molecule has 0 saturated carbocycles. The van der Waals surface area contributed by atoms with Crippen LogP contribution in [0.2, 0.25) is 0 Å². The Morgan fingerprint density at radius 2 is 2.11 bits per heavy atom. The molecule has 8 heteroatoms. The Morgan fingerprint density at radius 1 is 1.50 bits per heavy atom. The Hall–Kier alpha value is -1.83. The minimum absolute atomic E-state index is 0.0523. The highest BCUT2D eigenvalue weighted by Gasteiger charge is 2.37. The van der Waals surface area contributed by atoms with Gasteiger partial charge in [0.2, 0.25) is 0 Å². The number of hydrogen-bond donors (Lipinski definition) is 1. The average molecular weight is 264 g/mol. The normalized spacial score (nSPS) is 13.2. The molecule has 1 aromatic rings. The zero-order valence-electron chi connectivity index (χ0n) is 9.40. The molecule has 100 valence electrons. The van der Waals surface area contributed by atoms with Crippen LogP contribution in [0, 0.1) is 10.1 Å². The van der Waals surface area contributed by atoms with Crippen molar-refractivity contribution in [3.63, 3.8) is 0 Å². The summed E-state index contributed by atoms with van der Waals surface area (Å²) in [5, 5.41) is 10.5. The third kappa shape index (κ3) is 3.33. The topological polar surface area (TPSA) is 78.4 Å². The molecule has 0 bridgehead atoms. The van der Waals surface area contributed by atoms with Crippen molar-refractivity contribution in [2.45, 2.75) is 18.6 Å². The summed E-state index contributed by atoms with van der Waals surface area (Å²) in [5.74, 6) is 0.139. The second-order valence-corrected chi connectivity index (χ2v) is 3.61. The van der Waals surface area contributed by atoms with Crippen LogP contribution < -0.4 is 10.5 Å². The molecular formula is C10H11F3N2O3. The summed E-state index contributed by atoms with van der Waals surface area (Å²) >= 11 is 0. The number of methoxy groups -OCH3 is 1. The Morgan fingerprint density at radius 3 is 2.56 bits per heavy atom. The van der Waals surface area contributed by atoms with E-state index in [1.165, 1.54) is 13.2 Å². The number of hydrogen-bond acceptors (Lipinski definition) is 4. The van der Waals surface area contributed by atoms with Gasteiger partial charge in [0.1, 0.15) is 11.8 Å². The molecule has 0 aliphatic heterocycles. The molecule has 0 fully saturated rings. The Labute approximate surface area is 100 Å². The minimum Gasteiger partial charge on any atom is -0.496 e. The van der Waals surface area contributed by atoms with Crippen molar-refractivity contribution < 1.29 is 22.8 Å². The van der Waals surface area contributed by atoms with Gasteiger partial charge in [-0.1, -0.05) is 0 Å². The van der Waals surface area contributed by atoms with E-state index in [0.717, 1.165) is 12.1 Å². The number of ether oxygens (including phenoxy) is 1. The van der Waals surface area contributed by atoms with E-state index in [1.54, 1.807) is 0 Å². The van der Waals surface area contributed by atoms with Crippen molar-refractivity contribution >= 4 is 5.69 Å². The lowest BCUT2D eigenvalue weighted by atomic mass is 10.0. The van der Waals surface area contributed by atoms with Crippen LogP contribution in [0.25, 0.3) is 0 Å². The molecule has 0 radical (unpaired) electrons. The molecule has 2 N–H and O–H groups in total.